The molecular weight excluding hydrogens is 382 g/mol. The van der Waals surface area contributed by atoms with Crippen LogP contribution >= 0.6 is 0 Å². The van der Waals surface area contributed by atoms with Crippen molar-refractivity contribution in [2.75, 3.05) is 0 Å². The summed E-state index contributed by atoms with van der Waals surface area (Å²) in [4.78, 5) is 29.2. The predicted molar refractivity (Wildman–Crippen MR) is 110 cm³/mol. The zero-order chi connectivity index (χ0) is 20.8. The molecule has 2 aliphatic heterocycles. The first-order valence-electron chi connectivity index (χ1n) is 9.69. The minimum atomic E-state index is -0.465. The van der Waals surface area contributed by atoms with Gasteiger partial charge in [-0.3, -0.25) is 19.3 Å². The summed E-state index contributed by atoms with van der Waals surface area (Å²) < 4.78 is 1.81. The number of hydrogen-bond acceptors (Lipinski definition) is 6. The average Bonchev–Trinajstić information content (AvgIpc) is 3.28. The quantitative estimate of drug-likeness (QED) is 0.599. The van der Waals surface area contributed by atoms with Gasteiger partial charge < -0.3 is 10.6 Å². The normalized spacial score (nSPS) is 23.1. The van der Waals surface area contributed by atoms with E-state index in [0.29, 0.717) is 0 Å². The minimum absolute atomic E-state index is 0.184. The van der Waals surface area contributed by atoms with E-state index < -0.39 is 12.3 Å². The fourth-order valence-corrected chi connectivity index (χ4v) is 4.15. The van der Waals surface area contributed by atoms with E-state index in [1.807, 2.05) is 48.1 Å². The van der Waals surface area contributed by atoms with E-state index in [-0.39, 0.29) is 17.7 Å². The number of rotatable bonds is 3. The number of carbonyl (C=O) groups excluding carboxylic acids is 2. The molecular formula is C21H21N7O2. The molecule has 2 amide bonds. The lowest BCUT2D eigenvalue weighted by Gasteiger charge is -2.32. The highest BCUT2D eigenvalue weighted by Gasteiger charge is 2.47. The molecule has 3 unspecified atom stereocenters. The van der Waals surface area contributed by atoms with Gasteiger partial charge in [0.15, 0.2) is 0 Å². The molecule has 30 heavy (non-hydrogen) atoms. The molecule has 1 fully saturated rings. The van der Waals surface area contributed by atoms with E-state index in [0.717, 1.165) is 27.9 Å². The molecule has 3 N–H and O–H groups in total. The molecule has 0 radical (unpaired) electrons. The summed E-state index contributed by atoms with van der Waals surface area (Å²) in [6.07, 6.45) is 4.20. The van der Waals surface area contributed by atoms with Gasteiger partial charge in [0, 0.05) is 37.3 Å². The van der Waals surface area contributed by atoms with E-state index in [9.17, 15) is 9.59 Å². The Morgan fingerprint density at radius 2 is 2.10 bits per heavy atom. The van der Waals surface area contributed by atoms with Crippen LogP contribution in [0.5, 0.6) is 0 Å². The first kappa shape index (κ1) is 18.3. The first-order chi connectivity index (χ1) is 14.5. The van der Waals surface area contributed by atoms with Gasteiger partial charge in [0.05, 0.1) is 23.3 Å². The highest BCUT2D eigenvalue weighted by atomic mass is 16.2. The lowest BCUT2D eigenvalue weighted by atomic mass is 9.96. The van der Waals surface area contributed by atoms with Crippen LogP contribution in [0.1, 0.15) is 24.1 Å². The number of aromatic nitrogens is 3. The number of pyridine rings is 1. The molecule has 9 nitrogen and oxygen atoms in total. The zero-order valence-corrected chi connectivity index (χ0v) is 16.5. The minimum Gasteiger partial charge on any atom is -0.363 e. The third kappa shape index (κ3) is 3.00. The van der Waals surface area contributed by atoms with E-state index in [1.165, 1.54) is 11.9 Å². The highest BCUT2D eigenvalue weighted by Crippen LogP contribution is 2.33. The Hall–Kier alpha value is -3.72. The van der Waals surface area contributed by atoms with Crippen LogP contribution in [0.3, 0.4) is 0 Å². The largest absolute Gasteiger partial charge is 0.363 e. The molecule has 3 atom stereocenters. The van der Waals surface area contributed by atoms with Crippen LogP contribution in [0, 0.1) is 0 Å². The van der Waals surface area contributed by atoms with Crippen molar-refractivity contribution >= 4 is 28.4 Å². The number of amides is 2. The maximum atomic E-state index is 12.9. The molecule has 0 spiro atoms. The zero-order valence-electron chi connectivity index (χ0n) is 16.5. The number of nitrogens with one attached hydrogen (secondary N) is 3. The van der Waals surface area contributed by atoms with Crippen LogP contribution in [0.4, 0.5) is 0 Å². The number of aryl methyl sites for hydroxylation is 1. The molecule has 3 aromatic rings. The van der Waals surface area contributed by atoms with Crippen molar-refractivity contribution in [3.05, 3.63) is 66.1 Å². The molecule has 5 rings (SSSR count). The predicted octanol–water partition coefficient (Wildman–Crippen LogP) is 0.831. The molecule has 1 aromatic carbocycles. The molecule has 9 heteroatoms. The molecule has 2 aliphatic rings. The topological polar surface area (TPSA) is 104 Å². The molecule has 2 aromatic heterocycles. The monoisotopic (exact) mass is 403 g/mol. The molecule has 0 saturated carbocycles. The lowest BCUT2D eigenvalue weighted by Crippen LogP contribution is -2.53. The first-order valence-corrected chi connectivity index (χ1v) is 9.69. The van der Waals surface area contributed by atoms with Gasteiger partial charge in [-0.05, 0) is 29.8 Å². The number of hydrazine groups is 1. The van der Waals surface area contributed by atoms with Crippen molar-refractivity contribution in [2.24, 2.45) is 7.05 Å². The number of carbonyl (C=O) groups is 2. The highest BCUT2D eigenvalue weighted by molar-refractivity contribution is 5.98. The summed E-state index contributed by atoms with van der Waals surface area (Å²) >= 11 is 0. The second kappa shape index (κ2) is 6.96. The van der Waals surface area contributed by atoms with Crippen LogP contribution < -0.4 is 16.1 Å². The van der Waals surface area contributed by atoms with Crippen LogP contribution in [-0.2, 0) is 16.6 Å². The Bertz CT molecular complexity index is 1170. The maximum Gasteiger partial charge on any atom is 0.264 e. The van der Waals surface area contributed by atoms with Crippen molar-refractivity contribution in [3.63, 3.8) is 0 Å². The standard InChI is InChI=1S/C21H21N7O2/c1-12(29)24-20-19(15-5-3-4-8-22-15)21-25-16(10-18(30)28(21)26-20)13-6-7-17-14(9-13)11-23-27(17)2/h3-11,19-21,25-26H,1-2H3,(H,24,29). The lowest BCUT2D eigenvalue weighted by molar-refractivity contribution is -0.131. The van der Waals surface area contributed by atoms with Crippen molar-refractivity contribution in [1.29, 1.82) is 0 Å². The van der Waals surface area contributed by atoms with Gasteiger partial charge >= 0.3 is 0 Å². The number of fused-ring (bicyclic) bond motifs is 2. The van der Waals surface area contributed by atoms with E-state index >= 15 is 0 Å². The van der Waals surface area contributed by atoms with Gasteiger partial charge in [0.1, 0.15) is 12.3 Å². The average molecular weight is 403 g/mol. The summed E-state index contributed by atoms with van der Waals surface area (Å²) in [5, 5.41) is 13.2. The van der Waals surface area contributed by atoms with Crippen LogP contribution in [0.2, 0.25) is 0 Å². The maximum absolute atomic E-state index is 12.9. The number of hydrogen-bond donors (Lipinski definition) is 3. The Balaban J connectivity index is 1.52. The van der Waals surface area contributed by atoms with Gasteiger partial charge in [0.2, 0.25) is 5.91 Å². The Morgan fingerprint density at radius 3 is 2.87 bits per heavy atom. The van der Waals surface area contributed by atoms with Crippen LogP contribution in [0.25, 0.3) is 16.6 Å². The molecule has 4 heterocycles. The Kier molecular flexibility index (Phi) is 4.25. The van der Waals surface area contributed by atoms with Crippen molar-refractivity contribution in [2.45, 2.75) is 25.2 Å². The fraction of sp³-hybridized carbons (Fsp3) is 0.238. The van der Waals surface area contributed by atoms with E-state index in [2.05, 4.69) is 26.1 Å². The number of benzene rings is 1. The van der Waals surface area contributed by atoms with Crippen molar-refractivity contribution in [3.8, 4) is 0 Å². The van der Waals surface area contributed by atoms with Crippen LogP contribution in [0.15, 0.2) is 54.9 Å². The summed E-state index contributed by atoms with van der Waals surface area (Å²) in [6, 6.07) is 11.6. The molecule has 0 bridgehead atoms. The van der Waals surface area contributed by atoms with Crippen molar-refractivity contribution < 1.29 is 9.59 Å². The molecule has 152 valence electrons. The van der Waals surface area contributed by atoms with Gasteiger partial charge in [0.25, 0.3) is 5.91 Å². The second-order valence-electron chi connectivity index (χ2n) is 7.48. The van der Waals surface area contributed by atoms with Gasteiger partial charge in [-0.25, -0.2) is 10.4 Å². The van der Waals surface area contributed by atoms with Gasteiger partial charge in [-0.15, -0.1) is 0 Å². The van der Waals surface area contributed by atoms with Crippen molar-refractivity contribution in [1.82, 2.24) is 35.8 Å². The third-order valence-electron chi connectivity index (χ3n) is 5.51. The third-order valence-corrected chi connectivity index (χ3v) is 5.51. The Labute approximate surface area is 172 Å². The fourth-order valence-electron chi connectivity index (χ4n) is 4.15. The molecule has 0 aliphatic carbocycles. The van der Waals surface area contributed by atoms with E-state index in [4.69, 9.17) is 0 Å². The smallest absolute Gasteiger partial charge is 0.264 e. The summed E-state index contributed by atoms with van der Waals surface area (Å²) in [7, 11) is 1.89. The SMILES string of the molecule is CC(=O)NC1NN2C(=O)C=C(c3ccc4c(cnn4C)c3)NC2C1c1ccccn1. The van der Waals surface area contributed by atoms with E-state index in [1.54, 1.807) is 18.5 Å². The number of nitrogens with zero attached hydrogens (tertiary/aromatic N) is 4. The van der Waals surface area contributed by atoms with Gasteiger partial charge in [-0.1, -0.05) is 12.1 Å². The second-order valence-corrected chi connectivity index (χ2v) is 7.48. The van der Waals surface area contributed by atoms with Gasteiger partial charge in [-0.2, -0.15) is 5.10 Å². The van der Waals surface area contributed by atoms with Crippen LogP contribution in [-0.4, -0.2) is 43.9 Å². The Morgan fingerprint density at radius 1 is 1.23 bits per heavy atom. The summed E-state index contributed by atoms with van der Waals surface area (Å²) in [6.45, 7) is 1.45. The summed E-state index contributed by atoms with van der Waals surface area (Å²) in [5.74, 6) is -0.644. The molecule has 1 saturated heterocycles. The summed E-state index contributed by atoms with van der Waals surface area (Å²) in [5.41, 5.74) is 6.53.